The Labute approximate surface area is 127 Å². The molecule has 2 nitrogen and oxygen atoms in total. The van der Waals surface area contributed by atoms with E-state index in [1.54, 1.807) is 6.92 Å². The molecule has 0 fully saturated rings. The van der Waals surface area contributed by atoms with Gasteiger partial charge in [-0.25, -0.2) is 9.37 Å². The fraction of sp³-hybridized carbons (Fsp3) is 0.308. The zero-order chi connectivity index (χ0) is 15.6. The molecule has 1 unspecified atom stereocenters. The van der Waals surface area contributed by atoms with Crippen LogP contribution in [0.5, 0.6) is 0 Å². The highest BCUT2D eigenvalue weighted by Crippen LogP contribution is 2.38. The summed E-state index contributed by atoms with van der Waals surface area (Å²) in [4.78, 5) is 3.62. The number of nitrogens with zero attached hydrogens (tertiary/aromatic N) is 1. The number of nitrogens with one attached hydrogen (secondary N) is 1. The Hall–Kier alpha value is -1.18. The number of hydrogen-bond donors (Lipinski definition) is 1. The lowest BCUT2D eigenvalue weighted by atomic mass is 10.1. The molecule has 0 saturated carbocycles. The second kappa shape index (κ2) is 6.29. The van der Waals surface area contributed by atoms with Crippen molar-refractivity contribution in [1.29, 1.82) is 0 Å². The average molecular weight is 339 g/mol. The first-order valence-corrected chi connectivity index (χ1v) is 7.24. The summed E-state index contributed by atoms with van der Waals surface area (Å²) in [6, 6.07) is 3.39. The minimum atomic E-state index is -4.52. The Morgan fingerprint density at radius 3 is 2.62 bits per heavy atom. The van der Waals surface area contributed by atoms with Gasteiger partial charge in [0.25, 0.3) is 0 Å². The van der Waals surface area contributed by atoms with E-state index in [1.165, 1.54) is 18.2 Å². The molecule has 1 heterocycles. The normalized spacial score (nSPS) is 13.4. The summed E-state index contributed by atoms with van der Waals surface area (Å²) in [6.07, 6.45) is -3.41. The van der Waals surface area contributed by atoms with Gasteiger partial charge in [0.1, 0.15) is 5.82 Å². The van der Waals surface area contributed by atoms with Gasteiger partial charge in [-0.2, -0.15) is 13.2 Å². The molecule has 0 bridgehead atoms. The summed E-state index contributed by atoms with van der Waals surface area (Å²) in [5.74, 6) is -0.574. The van der Waals surface area contributed by atoms with Crippen molar-refractivity contribution in [3.8, 4) is 0 Å². The Morgan fingerprint density at radius 1 is 1.38 bits per heavy atom. The van der Waals surface area contributed by atoms with Crippen LogP contribution in [0.15, 0.2) is 24.4 Å². The fourth-order valence-electron chi connectivity index (χ4n) is 1.89. The van der Waals surface area contributed by atoms with Crippen LogP contribution in [0.25, 0.3) is 0 Å². The smallest absolute Gasteiger partial charge is 0.306 e. The molecule has 0 radical (unpaired) electrons. The molecule has 1 aromatic carbocycles. The van der Waals surface area contributed by atoms with E-state index < -0.39 is 23.0 Å². The van der Waals surface area contributed by atoms with E-state index in [1.807, 2.05) is 0 Å². The molecule has 21 heavy (non-hydrogen) atoms. The Balaban J connectivity index is 2.47. The molecule has 114 valence electrons. The van der Waals surface area contributed by atoms with E-state index in [4.69, 9.17) is 11.6 Å². The quantitative estimate of drug-likeness (QED) is 0.821. The van der Waals surface area contributed by atoms with Crippen LogP contribution in [0.3, 0.4) is 0 Å². The van der Waals surface area contributed by atoms with E-state index in [0.29, 0.717) is 17.9 Å². The maximum absolute atomic E-state index is 14.0. The molecule has 2 rings (SSSR count). The first-order valence-electron chi connectivity index (χ1n) is 6.04. The van der Waals surface area contributed by atoms with Crippen LogP contribution in [-0.4, -0.2) is 11.5 Å². The Bertz CT molecular complexity index is 607. The van der Waals surface area contributed by atoms with Crippen LogP contribution in [0.1, 0.15) is 28.4 Å². The van der Waals surface area contributed by atoms with Gasteiger partial charge in [-0.1, -0.05) is 24.6 Å². The average Bonchev–Trinajstić information content (AvgIpc) is 2.86. The van der Waals surface area contributed by atoms with E-state index in [0.717, 1.165) is 6.20 Å². The van der Waals surface area contributed by atoms with Crippen LogP contribution < -0.4 is 5.32 Å². The van der Waals surface area contributed by atoms with E-state index >= 15 is 0 Å². The predicted molar refractivity (Wildman–Crippen MR) is 74.0 cm³/mol. The summed E-state index contributed by atoms with van der Waals surface area (Å²) >= 11 is 6.46. The molecule has 0 aliphatic carbocycles. The van der Waals surface area contributed by atoms with Crippen molar-refractivity contribution < 1.29 is 17.6 Å². The van der Waals surface area contributed by atoms with E-state index in [2.05, 4.69) is 10.3 Å². The predicted octanol–water partition coefficient (Wildman–Crippen LogP) is 4.65. The van der Waals surface area contributed by atoms with Crippen LogP contribution in [0.4, 0.5) is 17.6 Å². The van der Waals surface area contributed by atoms with Crippen LogP contribution in [0.2, 0.25) is 5.02 Å². The highest BCUT2D eigenvalue weighted by Gasteiger charge is 2.35. The molecule has 8 heteroatoms. The number of benzene rings is 1. The van der Waals surface area contributed by atoms with E-state index in [9.17, 15) is 17.6 Å². The van der Waals surface area contributed by atoms with Gasteiger partial charge in [0, 0.05) is 21.7 Å². The maximum Gasteiger partial charge on any atom is 0.443 e. The van der Waals surface area contributed by atoms with Crippen molar-refractivity contribution in [3.63, 3.8) is 0 Å². The minimum absolute atomic E-state index is 0.124. The van der Waals surface area contributed by atoms with Gasteiger partial charge in [0.2, 0.25) is 0 Å². The zero-order valence-corrected chi connectivity index (χ0v) is 12.4. The summed E-state index contributed by atoms with van der Waals surface area (Å²) < 4.78 is 51.9. The standard InChI is InChI=1S/C13H11ClF4N2S/c1-2-19-11(10-7(14)4-3-5-8(10)15)9-6-20-12(21-9)13(16,17)18/h3-6,11,19H,2H2,1H3. The molecular formula is C13H11ClF4N2S. The second-order valence-corrected chi connectivity index (χ2v) is 5.66. The lowest BCUT2D eigenvalue weighted by Crippen LogP contribution is -2.22. The van der Waals surface area contributed by atoms with Gasteiger partial charge in [-0.3, -0.25) is 0 Å². The largest absolute Gasteiger partial charge is 0.443 e. The van der Waals surface area contributed by atoms with Crippen LogP contribution >= 0.6 is 22.9 Å². The van der Waals surface area contributed by atoms with Gasteiger partial charge in [-0.05, 0) is 18.7 Å². The fourth-order valence-corrected chi connectivity index (χ4v) is 3.03. The van der Waals surface area contributed by atoms with Crippen molar-refractivity contribution in [2.45, 2.75) is 19.1 Å². The number of alkyl halides is 3. The lowest BCUT2D eigenvalue weighted by Gasteiger charge is -2.18. The summed E-state index contributed by atoms with van der Waals surface area (Å²) in [5, 5.41) is 2.13. The Morgan fingerprint density at radius 2 is 2.10 bits per heavy atom. The van der Waals surface area contributed by atoms with Crippen molar-refractivity contribution in [2.75, 3.05) is 6.54 Å². The maximum atomic E-state index is 14.0. The molecule has 0 saturated heterocycles. The molecule has 1 aromatic heterocycles. The molecule has 1 atom stereocenters. The SMILES string of the molecule is CCNC(c1cnc(C(F)(F)F)s1)c1c(F)cccc1Cl. The van der Waals surface area contributed by atoms with Crippen molar-refractivity contribution >= 4 is 22.9 Å². The van der Waals surface area contributed by atoms with Gasteiger partial charge in [-0.15, -0.1) is 11.3 Å². The molecule has 0 aliphatic rings. The first kappa shape index (κ1) is 16.2. The number of thiazole rings is 1. The van der Waals surface area contributed by atoms with Crippen LogP contribution in [-0.2, 0) is 6.18 Å². The van der Waals surface area contributed by atoms with Crippen LogP contribution in [0, 0.1) is 5.82 Å². The minimum Gasteiger partial charge on any atom is -0.306 e. The highest BCUT2D eigenvalue weighted by atomic mass is 35.5. The topological polar surface area (TPSA) is 24.9 Å². The lowest BCUT2D eigenvalue weighted by molar-refractivity contribution is -0.137. The van der Waals surface area contributed by atoms with Gasteiger partial charge < -0.3 is 5.32 Å². The highest BCUT2D eigenvalue weighted by molar-refractivity contribution is 7.11. The third-order valence-electron chi connectivity index (χ3n) is 2.75. The van der Waals surface area contributed by atoms with E-state index in [-0.39, 0.29) is 15.5 Å². The number of halogens is 5. The van der Waals surface area contributed by atoms with Crippen molar-refractivity contribution in [1.82, 2.24) is 10.3 Å². The molecule has 0 amide bonds. The van der Waals surface area contributed by atoms with Crippen molar-refractivity contribution in [2.24, 2.45) is 0 Å². The molecule has 0 spiro atoms. The Kier molecular flexibility index (Phi) is 4.85. The number of aromatic nitrogens is 1. The third kappa shape index (κ3) is 3.53. The molecule has 1 N–H and O–H groups in total. The number of hydrogen-bond acceptors (Lipinski definition) is 3. The molecule has 0 aliphatic heterocycles. The summed E-state index contributed by atoms with van der Waals surface area (Å²) in [7, 11) is 0. The second-order valence-electron chi connectivity index (χ2n) is 4.19. The third-order valence-corrected chi connectivity index (χ3v) is 4.18. The molecule has 2 aromatic rings. The number of rotatable bonds is 4. The first-order chi connectivity index (χ1) is 9.84. The van der Waals surface area contributed by atoms with Gasteiger partial charge >= 0.3 is 6.18 Å². The van der Waals surface area contributed by atoms with Gasteiger partial charge in [0.05, 0.1) is 6.04 Å². The summed E-state index contributed by atoms with van der Waals surface area (Å²) in [6.45, 7) is 2.21. The monoisotopic (exact) mass is 338 g/mol. The summed E-state index contributed by atoms with van der Waals surface area (Å²) in [5.41, 5.74) is 0.124. The van der Waals surface area contributed by atoms with Crippen molar-refractivity contribution in [3.05, 3.63) is 50.7 Å². The zero-order valence-electron chi connectivity index (χ0n) is 10.8. The van der Waals surface area contributed by atoms with Gasteiger partial charge in [0.15, 0.2) is 5.01 Å². The molecular weight excluding hydrogens is 328 g/mol.